The molecule has 0 spiro atoms. The van der Waals surface area contributed by atoms with E-state index in [9.17, 15) is 0 Å². The molecule has 0 bridgehead atoms. The van der Waals surface area contributed by atoms with Crippen molar-refractivity contribution < 1.29 is 0 Å². The molecule has 0 amide bonds. The predicted molar refractivity (Wildman–Crippen MR) is 284 cm³/mol. The molecule has 1 heterocycles. The van der Waals surface area contributed by atoms with Gasteiger partial charge in [0.2, 0.25) is 0 Å². The van der Waals surface area contributed by atoms with Gasteiger partial charge in [0.15, 0.2) is 0 Å². The maximum absolute atomic E-state index is 2.41. The second-order valence-corrected chi connectivity index (χ2v) is 18.0. The van der Waals surface area contributed by atoms with Crippen LogP contribution in [0.25, 0.3) is 97.7 Å². The van der Waals surface area contributed by atoms with Gasteiger partial charge in [0.05, 0.1) is 5.69 Å². The van der Waals surface area contributed by atoms with Crippen LogP contribution >= 0.6 is 11.3 Å². The lowest BCUT2D eigenvalue weighted by atomic mass is 9.93. The first-order valence-corrected chi connectivity index (χ1v) is 23.4. The Morgan fingerprint density at radius 3 is 1.44 bits per heavy atom. The number of fused-ring (bicyclic) bond motifs is 4. The summed E-state index contributed by atoms with van der Waals surface area (Å²) < 4.78 is 2.64. The first kappa shape index (κ1) is 39.3. The van der Waals surface area contributed by atoms with E-state index in [-0.39, 0.29) is 0 Å². The molecule has 12 aromatic rings. The quantitative estimate of drug-likeness (QED) is 0.140. The van der Waals surface area contributed by atoms with Crippen LogP contribution in [0, 0.1) is 0 Å². The summed E-state index contributed by atoms with van der Waals surface area (Å²) in [5.74, 6) is 0. The second kappa shape index (κ2) is 17.0. The molecule has 0 saturated heterocycles. The summed E-state index contributed by atoms with van der Waals surface area (Å²) in [6.07, 6.45) is 0. The van der Waals surface area contributed by atoms with Crippen LogP contribution in [-0.2, 0) is 0 Å². The zero-order chi connectivity index (χ0) is 43.8. The third kappa shape index (κ3) is 7.44. The van der Waals surface area contributed by atoms with Crippen molar-refractivity contribution in [3.05, 3.63) is 261 Å². The average molecular weight is 858 g/mol. The number of thiophene rings is 1. The molecule has 0 saturated carbocycles. The number of rotatable bonds is 9. The number of hydrogen-bond donors (Lipinski definition) is 0. The fourth-order valence-corrected chi connectivity index (χ4v) is 10.6. The molecule has 12 rings (SSSR count). The normalized spacial score (nSPS) is 11.3. The average Bonchev–Trinajstić information content (AvgIpc) is 3.78. The summed E-state index contributed by atoms with van der Waals surface area (Å²) in [7, 11) is 0. The molecule has 0 N–H and O–H groups in total. The molecule has 1 aromatic heterocycles. The van der Waals surface area contributed by atoms with Gasteiger partial charge in [0.25, 0.3) is 0 Å². The number of hydrogen-bond acceptors (Lipinski definition) is 2. The van der Waals surface area contributed by atoms with E-state index in [1.807, 2.05) is 11.3 Å². The van der Waals surface area contributed by atoms with Crippen LogP contribution in [0.4, 0.5) is 17.1 Å². The molecule has 0 atom stereocenters. The van der Waals surface area contributed by atoms with Crippen LogP contribution in [0.1, 0.15) is 0 Å². The summed E-state index contributed by atoms with van der Waals surface area (Å²) in [6.45, 7) is 0. The SMILES string of the molecule is c1ccc(-c2ccccc2-c2ccccc2N(c2ccc(-c3ccc(-c4cccc(-c5ccc6ccccc6c5)c4)cc3)cc2)c2ccc(-c3ccc4sc5ccccc5c4c3)cc2)cc1. The van der Waals surface area contributed by atoms with Crippen LogP contribution < -0.4 is 4.90 Å². The Kier molecular flexibility index (Phi) is 10.1. The fourth-order valence-electron chi connectivity index (χ4n) is 9.52. The Labute approximate surface area is 389 Å². The highest BCUT2D eigenvalue weighted by molar-refractivity contribution is 7.25. The number of anilines is 3. The van der Waals surface area contributed by atoms with Gasteiger partial charge in [-0.15, -0.1) is 11.3 Å². The number of nitrogens with zero attached hydrogens (tertiary/aromatic N) is 1. The molecule has 0 fully saturated rings. The first-order valence-electron chi connectivity index (χ1n) is 22.6. The van der Waals surface area contributed by atoms with E-state index in [2.05, 4.69) is 266 Å². The van der Waals surface area contributed by atoms with Crippen molar-refractivity contribution in [2.75, 3.05) is 4.90 Å². The second-order valence-electron chi connectivity index (χ2n) is 16.9. The summed E-state index contributed by atoms with van der Waals surface area (Å²) in [4.78, 5) is 2.41. The minimum atomic E-state index is 1.09. The number of benzene rings is 11. The topological polar surface area (TPSA) is 3.24 Å². The standard InChI is InChI=1S/C64H43NS/c1-2-14-49(15-3-1)57-19-6-7-20-58(57)59-21-8-10-23-62(59)65(56-38-33-48(34-39-56)54-35-40-64-61(43-54)60-22-9-11-24-63(60)66-64)55-36-31-46(32-37-55)45-25-27-47(28-26-45)51-17-12-18-52(41-51)53-30-29-44-13-4-5-16-50(44)42-53/h1-43H. The van der Waals surface area contributed by atoms with E-state index >= 15 is 0 Å². The van der Waals surface area contributed by atoms with Crippen molar-refractivity contribution in [1.29, 1.82) is 0 Å². The van der Waals surface area contributed by atoms with Crippen molar-refractivity contribution >= 4 is 59.3 Å². The minimum Gasteiger partial charge on any atom is -0.310 e. The highest BCUT2D eigenvalue weighted by Crippen LogP contribution is 2.45. The van der Waals surface area contributed by atoms with Gasteiger partial charge in [0.1, 0.15) is 0 Å². The van der Waals surface area contributed by atoms with Crippen molar-refractivity contribution in [1.82, 2.24) is 0 Å². The van der Waals surface area contributed by atoms with Gasteiger partial charge in [-0.3, -0.25) is 0 Å². The third-order valence-electron chi connectivity index (χ3n) is 12.9. The monoisotopic (exact) mass is 857 g/mol. The molecule has 0 aliphatic carbocycles. The Hall–Kier alpha value is -8.30. The molecule has 66 heavy (non-hydrogen) atoms. The van der Waals surface area contributed by atoms with Gasteiger partial charge in [0, 0.05) is 37.1 Å². The lowest BCUT2D eigenvalue weighted by Gasteiger charge is -2.29. The highest BCUT2D eigenvalue weighted by atomic mass is 32.1. The number of para-hydroxylation sites is 1. The zero-order valence-electron chi connectivity index (χ0n) is 36.2. The van der Waals surface area contributed by atoms with E-state index in [0.29, 0.717) is 0 Å². The van der Waals surface area contributed by atoms with Gasteiger partial charge < -0.3 is 4.90 Å². The largest absolute Gasteiger partial charge is 0.310 e. The van der Waals surface area contributed by atoms with Crippen molar-refractivity contribution in [2.24, 2.45) is 0 Å². The van der Waals surface area contributed by atoms with Crippen LogP contribution in [0.15, 0.2) is 261 Å². The van der Waals surface area contributed by atoms with Crippen LogP contribution in [0.3, 0.4) is 0 Å². The zero-order valence-corrected chi connectivity index (χ0v) is 37.0. The maximum atomic E-state index is 2.41. The molecule has 0 aliphatic heterocycles. The molecular weight excluding hydrogens is 815 g/mol. The first-order chi connectivity index (χ1) is 32.7. The molecule has 1 nitrogen and oxygen atoms in total. The van der Waals surface area contributed by atoms with E-state index in [0.717, 1.165) is 17.1 Å². The Bertz CT molecular complexity index is 3680. The Balaban J connectivity index is 0.899. The van der Waals surface area contributed by atoms with Gasteiger partial charge in [-0.25, -0.2) is 0 Å². The van der Waals surface area contributed by atoms with Crippen molar-refractivity contribution in [3.63, 3.8) is 0 Å². The van der Waals surface area contributed by atoms with Crippen molar-refractivity contribution in [2.45, 2.75) is 0 Å². The molecular formula is C64H43NS. The van der Waals surface area contributed by atoms with E-state index < -0.39 is 0 Å². The molecule has 0 unspecified atom stereocenters. The summed E-state index contributed by atoms with van der Waals surface area (Å²) in [5, 5.41) is 5.14. The maximum Gasteiger partial charge on any atom is 0.0540 e. The van der Waals surface area contributed by atoms with E-state index in [1.165, 1.54) is 97.7 Å². The smallest absolute Gasteiger partial charge is 0.0540 e. The summed E-state index contributed by atoms with van der Waals surface area (Å²) in [5.41, 5.74) is 17.7. The van der Waals surface area contributed by atoms with E-state index in [4.69, 9.17) is 0 Å². The molecule has 2 heteroatoms. The summed E-state index contributed by atoms with van der Waals surface area (Å²) in [6, 6.07) is 95.1. The molecule has 11 aromatic carbocycles. The van der Waals surface area contributed by atoms with Gasteiger partial charge >= 0.3 is 0 Å². The lowest BCUT2D eigenvalue weighted by molar-refractivity contribution is 1.28. The summed E-state index contributed by atoms with van der Waals surface area (Å²) >= 11 is 1.86. The van der Waals surface area contributed by atoms with Gasteiger partial charge in [-0.1, -0.05) is 200 Å². The van der Waals surface area contributed by atoms with Crippen molar-refractivity contribution in [3.8, 4) is 66.8 Å². The van der Waals surface area contributed by atoms with Crippen LogP contribution in [0.2, 0.25) is 0 Å². The lowest BCUT2D eigenvalue weighted by Crippen LogP contribution is -2.11. The highest BCUT2D eigenvalue weighted by Gasteiger charge is 2.20. The van der Waals surface area contributed by atoms with E-state index in [1.54, 1.807) is 0 Å². The van der Waals surface area contributed by atoms with Crippen LogP contribution in [0.5, 0.6) is 0 Å². The van der Waals surface area contributed by atoms with Gasteiger partial charge in [-0.2, -0.15) is 0 Å². The third-order valence-corrected chi connectivity index (χ3v) is 14.1. The van der Waals surface area contributed by atoms with Gasteiger partial charge in [-0.05, 0) is 133 Å². The predicted octanol–water partition coefficient (Wildman–Crippen LogP) is 18.7. The van der Waals surface area contributed by atoms with Crippen LogP contribution in [-0.4, -0.2) is 0 Å². The Morgan fingerprint density at radius 2 is 0.712 bits per heavy atom. The molecule has 0 aliphatic rings. The molecule has 310 valence electrons. The minimum absolute atomic E-state index is 1.09. The fraction of sp³-hybridized carbons (Fsp3) is 0. The molecule has 0 radical (unpaired) electrons. The Morgan fingerprint density at radius 1 is 0.242 bits per heavy atom.